The van der Waals surface area contributed by atoms with Gasteiger partial charge >= 0.3 is 181 Å². The summed E-state index contributed by atoms with van der Waals surface area (Å²) < 4.78 is 10.4. The Balaban J connectivity index is 0.000000434. The molecule has 0 atom stereocenters. The normalized spacial score (nSPS) is 10.6. The van der Waals surface area contributed by atoms with E-state index in [0.29, 0.717) is 0 Å². The maximum atomic E-state index is 4.73. The van der Waals surface area contributed by atoms with Gasteiger partial charge in [-0.2, -0.15) is 0 Å². The smallest absolute Gasteiger partial charge is 1.00 e. The number of hydrogen-bond donors (Lipinski definition) is 0. The van der Waals surface area contributed by atoms with Gasteiger partial charge in [-0.05, 0) is 34.7 Å². The minimum absolute atomic E-state index is 0. The van der Waals surface area contributed by atoms with Crippen LogP contribution < -0.4 is 57.2 Å². The number of benzene rings is 2. The molecule has 0 bridgehead atoms. The van der Waals surface area contributed by atoms with Crippen LogP contribution in [-0.2, 0) is 0 Å². The fourth-order valence-corrected chi connectivity index (χ4v) is 19.8. The van der Waals surface area contributed by atoms with E-state index in [1.165, 1.54) is 55.5 Å². The molecule has 0 unspecified atom stereocenters. The van der Waals surface area contributed by atoms with Gasteiger partial charge in [0.05, 0.1) is 11.9 Å². The molecule has 200 valence electrons. The summed E-state index contributed by atoms with van der Waals surface area (Å²) in [5.41, 5.74) is 2.16. The van der Waals surface area contributed by atoms with Gasteiger partial charge < -0.3 is 24.0 Å². The molecule has 0 aliphatic rings. The second-order valence-corrected chi connectivity index (χ2v) is 23.5. The van der Waals surface area contributed by atoms with E-state index in [1.807, 2.05) is 41.2 Å². The van der Waals surface area contributed by atoms with E-state index in [2.05, 4.69) is 95.4 Å². The van der Waals surface area contributed by atoms with Crippen LogP contribution in [-0.4, -0.2) is 48.4 Å². The summed E-state index contributed by atoms with van der Waals surface area (Å²) >= 11 is -0.301. The number of halogens is 2. The largest absolute Gasteiger partial charge is 1.00 e. The van der Waals surface area contributed by atoms with Crippen molar-refractivity contribution in [3.63, 3.8) is 0 Å². The van der Waals surface area contributed by atoms with Crippen molar-refractivity contribution < 1.29 is 53.5 Å². The molecule has 2 aromatic heterocycles. The third kappa shape index (κ3) is 11.1. The van der Waals surface area contributed by atoms with E-state index in [9.17, 15) is 0 Å². The van der Waals surface area contributed by atoms with Crippen molar-refractivity contribution >= 4 is 44.7 Å². The van der Waals surface area contributed by atoms with E-state index in [0.717, 1.165) is 15.1 Å². The van der Waals surface area contributed by atoms with Gasteiger partial charge in [-0.1, -0.05) is 23.4 Å². The molecule has 0 radical (unpaired) electrons. The third-order valence-corrected chi connectivity index (χ3v) is 22.0. The first-order valence-corrected chi connectivity index (χ1v) is 21.8. The van der Waals surface area contributed by atoms with Crippen LogP contribution in [0.1, 0.15) is 59.3 Å². The summed E-state index contributed by atoms with van der Waals surface area (Å²) in [6.45, 7) is 6.95. The maximum absolute atomic E-state index is 4.73. The predicted molar refractivity (Wildman–Crippen MR) is 160 cm³/mol. The number of unbranched alkanes of at least 4 members (excludes halogenated alkanes) is 3. The van der Waals surface area contributed by atoms with Crippen molar-refractivity contribution in [1.82, 2.24) is 30.0 Å². The summed E-state index contributed by atoms with van der Waals surface area (Å²) in [6.07, 6.45) is 12.1. The molecule has 2 heterocycles. The predicted octanol–water partition coefficient (Wildman–Crippen LogP) is 1.20. The molecule has 0 fully saturated rings. The van der Waals surface area contributed by atoms with E-state index >= 15 is 0 Å². The molecule has 0 saturated carbocycles. The fourth-order valence-electron chi connectivity index (χ4n) is 4.47. The average molecular weight is 847 g/mol. The minimum atomic E-state index is -2.43. The van der Waals surface area contributed by atoms with Crippen molar-refractivity contribution in [3.8, 4) is 11.4 Å². The van der Waals surface area contributed by atoms with Gasteiger partial charge in [0.2, 0.25) is 0 Å². The average Bonchev–Trinajstić information content (AvgIpc) is 3.60. The van der Waals surface area contributed by atoms with Crippen LogP contribution in [0.5, 0.6) is 0 Å². The zero-order valence-electron chi connectivity index (χ0n) is 23.2. The first kappa shape index (κ1) is 36.0. The zero-order chi connectivity index (χ0) is 25.6. The molecule has 38 heavy (non-hydrogen) atoms. The Morgan fingerprint density at radius 2 is 1.08 bits per heavy atom. The fraction of sp³-hybridized carbons (Fsp3) is 0.429. The molecule has 6 nitrogen and oxygen atoms in total. The summed E-state index contributed by atoms with van der Waals surface area (Å²) in [6, 6.07) is 20.3. The van der Waals surface area contributed by atoms with E-state index in [4.69, 9.17) is 5.10 Å². The van der Waals surface area contributed by atoms with Gasteiger partial charge in [-0.15, -0.1) is 5.10 Å². The topological polar surface area (TPSA) is 61.4 Å². The quantitative estimate of drug-likeness (QED) is 0.159. The first-order chi connectivity index (χ1) is 17.6. The summed E-state index contributed by atoms with van der Waals surface area (Å²) in [7, 11) is 0. The number of rotatable bonds is 12. The van der Waals surface area contributed by atoms with Gasteiger partial charge in [-0.3, -0.25) is 0 Å². The van der Waals surface area contributed by atoms with Crippen molar-refractivity contribution in [2.75, 3.05) is 0 Å². The molecule has 0 spiro atoms. The Labute approximate surface area is 285 Å². The molecule has 0 aliphatic carbocycles. The monoisotopic (exact) mass is 848 g/mol. The second kappa shape index (κ2) is 20.0. The Bertz CT molecular complexity index is 1120. The van der Waals surface area contributed by atoms with Gasteiger partial charge in [0, 0.05) is 0 Å². The molecule has 4 aromatic rings. The third-order valence-electron chi connectivity index (χ3n) is 6.57. The maximum Gasteiger partial charge on any atom is 1.00 e. The Hall–Kier alpha value is -0.0213. The molecule has 0 saturated heterocycles. The molecule has 10 heteroatoms. The SMILES string of the molecule is CCC[CH2][Sn]([CH2]CCC)([CH2]CCC)[c]1cn(-c2ccccc2)nn1.[123I-].[123I]c1cn(-c2ccccc2)nn1.[Na+]. The van der Waals surface area contributed by atoms with Gasteiger partial charge in [-0.25, -0.2) is 4.68 Å². The summed E-state index contributed by atoms with van der Waals surface area (Å²) in [4.78, 5) is 0. The second-order valence-electron chi connectivity index (χ2n) is 9.30. The van der Waals surface area contributed by atoms with Crippen molar-refractivity contribution in [1.29, 1.82) is 0 Å². The number of aromatic nitrogens is 6. The minimum Gasteiger partial charge on any atom is -1.00 e. The Morgan fingerprint density at radius 1 is 0.658 bits per heavy atom. The zero-order valence-corrected chi connectivity index (χ0v) is 32.4. The standard InChI is InChI=1S/C8H6IN3.C8H6N3.3C4H9.HI.Na.Sn/c9-8-6-12(11-10-8)7-4-2-1-3-5-7;1-2-4-8(5-3-1)11-7-6-9-10-11;3*1-3-4-2;;;/h1-6H;1-5,7H;3*1,3-4H2,2H3;1H;;/q;;;;;;+1;/p-1/i9-4;;;;;1-4;;. The number of nitrogens with zero attached hydrogens (tertiary/aromatic N) is 6. The van der Waals surface area contributed by atoms with Crippen molar-refractivity contribution in [3.05, 3.63) is 76.8 Å². The van der Waals surface area contributed by atoms with Crippen LogP contribution in [0.15, 0.2) is 73.1 Å². The van der Waals surface area contributed by atoms with Crippen molar-refractivity contribution in [2.24, 2.45) is 0 Å². The van der Waals surface area contributed by atoms with Gasteiger partial charge in [0.1, 0.15) is 3.70 Å². The van der Waals surface area contributed by atoms with Gasteiger partial charge in [0.15, 0.2) is 0 Å². The number of para-hydroxylation sites is 2. The molecule has 2 aromatic carbocycles. The first-order valence-electron chi connectivity index (χ1n) is 13.2. The summed E-state index contributed by atoms with van der Waals surface area (Å²) in [5.74, 6) is 0. The molecule has 0 aliphatic heterocycles. The Morgan fingerprint density at radius 3 is 1.47 bits per heavy atom. The van der Waals surface area contributed by atoms with Crippen LogP contribution in [0.4, 0.5) is 0 Å². The van der Waals surface area contributed by atoms with Gasteiger partial charge in [0.25, 0.3) is 0 Å². The van der Waals surface area contributed by atoms with Crippen LogP contribution in [0, 0.1) is 3.70 Å². The van der Waals surface area contributed by atoms with E-state index in [1.54, 1.807) is 4.68 Å². The van der Waals surface area contributed by atoms with Crippen LogP contribution in [0.2, 0.25) is 13.3 Å². The molecule has 0 N–H and O–H groups in total. The Kier molecular flexibility index (Phi) is 18.9. The van der Waals surface area contributed by atoms with E-state index in [-0.39, 0.29) is 53.5 Å². The number of hydrogen-bond acceptors (Lipinski definition) is 4. The van der Waals surface area contributed by atoms with Crippen LogP contribution in [0.3, 0.4) is 0 Å². The molecule has 4 rings (SSSR count). The molecular formula is C28H39I2N6NaSn. The van der Waals surface area contributed by atoms with E-state index < -0.39 is 18.4 Å². The van der Waals surface area contributed by atoms with Crippen molar-refractivity contribution in [2.45, 2.75) is 72.6 Å². The summed E-state index contributed by atoms with van der Waals surface area (Å²) in [5, 5.41) is 17.1. The molecule has 0 amide bonds. The van der Waals surface area contributed by atoms with Crippen LogP contribution >= 0.6 is 22.6 Å². The molecular weight excluding hydrogens is 808 g/mol. The van der Waals surface area contributed by atoms with Crippen LogP contribution in [0.25, 0.3) is 11.4 Å².